The summed E-state index contributed by atoms with van der Waals surface area (Å²) in [5.74, 6) is 0.498. The molecule has 1 N–H and O–H groups in total. The van der Waals surface area contributed by atoms with Gasteiger partial charge in [-0.3, -0.25) is 4.79 Å². The Bertz CT molecular complexity index is 531. The van der Waals surface area contributed by atoms with Gasteiger partial charge in [0.05, 0.1) is 10.6 Å². The van der Waals surface area contributed by atoms with Crippen molar-refractivity contribution in [1.82, 2.24) is 5.43 Å². The zero-order valence-corrected chi connectivity index (χ0v) is 13.1. The molecular weight excluding hydrogens is 295 g/mol. The number of amides is 1. The number of nitrogens with one attached hydrogen (secondary N) is 1. The first kappa shape index (κ1) is 15.3. The molecule has 1 aromatic carbocycles. The van der Waals surface area contributed by atoms with Crippen LogP contribution >= 0.6 is 23.2 Å². The van der Waals surface area contributed by atoms with E-state index in [4.69, 9.17) is 23.2 Å². The Balaban J connectivity index is 2.13. The van der Waals surface area contributed by atoms with Crippen LogP contribution in [0.3, 0.4) is 0 Å². The third-order valence-electron chi connectivity index (χ3n) is 3.74. The number of hydrazone groups is 1. The smallest absolute Gasteiger partial charge is 0.267 e. The Morgan fingerprint density at radius 1 is 1.25 bits per heavy atom. The number of hydrogen-bond donors (Lipinski definition) is 1. The van der Waals surface area contributed by atoms with E-state index in [-0.39, 0.29) is 5.91 Å². The van der Waals surface area contributed by atoms with Crippen LogP contribution < -0.4 is 5.43 Å². The molecule has 1 saturated carbocycles. The lowest BCUT2D eigenvalue weighted by Gasteiger charge is -2.26. The van der Waals surface area contributed by atoms with Gasteiger partial charge < -0.3 is 0 Å². The van der Waals surface area contributed by atoms with Crippen LogP contribution in [-0.2, 0) is 0 Å². The molecule has 20 heavy (non-hydrogen) atoms. The molecule has 1 aliphatic rings. The number of carbonyl (C=O) groups excluding carboxylic acids is 1. The van der Waals surface area contributed by atoms with Crippen molar-refractivity contribution in [2.45, 2.75) is 33.1 Å². The number of nitrogens with zero attached hydrogens (tertiary/aromatic N) is 1. The van der Waals surface area contributed by atoms with Gasteiger partial charge in [-0.05, 0) is 42.9 Å². The van der Waals surface area contributed by atoms with Crippen LogP contribution in [0.1, 0.15) is 43.5 Å². The highest BCUT2D eigenvalue weighted by Crippen LogP contribution is 2.26. The summed E-state index contributed by atoms with van der Waals surface area (Å²) in [5, 5.41) is 5.16. The summed E-state index contributed by atoms with van der Waals surface area (Å²) in [6, 6.07) is 4.81. The van der Waals surface area contributed by atoms with Crippen molar-refractivity contribution in [1.29, 1.82) is 0 Å². The van der Waals surface area contributed by atoms with E-state index >= 15 is 0 Å². The first-order chi connectivity index (χ1) is 9.49. The van der Waals surface area contributed by atoms with E-state index in [1.54, 1.807) is 18.2 Å². The predicted molar refractivity (Wildman–Crippen MR) is 83.5 cm³/mol. The van der Waals surface area contributed by atoms with Gasteiger partial charge in [0, 0.05) is 10.7 Å². The van der Waals surface area contributed by atoms with Gasteiger partial charge in [-0.1, -0.05) is 43.5 Å². The summed E-state index contributed by atoms with van der Waals surface area (Å²) < 4.78 is 0. The maximum absolute atomic E-state index is 12.1. The number of carbonyl (C=O) groups is 1. The summed E-state index contributed by atoms with van der Waals surface area (Å²) in [5.41, 5.74) is 4.01. The molecule has 1 fully saturated rings. The molecule has 108 valence electrons. The minimum absolute atomic E-state index is 0.324. The third-order valence-corrected chi connectivity index (χ3v) is 4.31. The van der Waals surface area contributed by atoms with Crippen LogP contribution in [-0.4, -0.2) is 11.6 Å². The zero-order chi connectivity index (χ0) is 14.7. The van der Waals surface area contributed by atoms with Crippen molar-refractivity contribution in [2.75, 3.05) is 0 Å². The van der Waals surface area contributed by atoms with Gasteiger partial charge in [-0.15, -0.1) is 0 Å². The molecule has 0 aromatic heterocycles. The molecule has 2 atom stereocenters. The highest BCUT2D eigenvalue weighted by atomic mass is 35.5. The van der Waals surface area contributed by atoms with E-state index in [0.717, 1.165) is 18.6 Å². The fraction of sp³-hybridized carbons (Fsp3) is 0.467. The van der Waals surface area contributed by atoms with Gasteiger partial charge in [0.2, 0.25) is 0 Å². The van der Waals surface area contributed by atoms with Crippen LogP contribution in [0.2, 0.25) is 10.0 Å². The molecule has 0 saturated heterocycles. The van der Waals surface area contributed by atoms with E-state index in [1.807, 2.05) is 0 Å². The molecular formula is C15H18Cl2N2O. The number of rotatable bonds is 2. The molecule has 1 aromatic rings. The van der Waals surface area contributed by atoms with Crippen molar-refractivity contribution in [3.8, 4) is 0 Å². The van der Waals surface area contributed by atoms with Gasteiger partial charge in [0.25, 0.3) is 5.91 Å². The molecule has 0 bridgehead atoms. The van der Waals surface area contributed by atoms with Crippen LogP contribution in [0.25, 0.3) is 0 Å². The standard InChI is InChI=1S/C15H18Cl2N2O/c1-9-4-3-5-10(2)14(9)18-19-15(20)12-8-11(16)6-7-13(12)17/h6-10H,3-5H2,1-2H3,(H,19,20)/t9-,10+. The largest absolute Gasteiger partial charge is 0.272 e. The van der Waals surface area contributed by atoms with Gasteiger partial charge in [-0.25, -0.2) is 5.43 Å². The number of halogens is 2. The first-order valence-electron chi connectivity index (χ1n) is 6.82. The Hall–Kier alpha value is -1.06. The van der Waals surface area contributed by atoms with E-state index in [0.29, 0.717) is 27.4 Å². The van der Waals surface area contributed by atoms with Gasteiger partial charge >= 0.3 is 0 Å². The Morgan fingerprint density at radius 2 is 1.90 bits per heavy atom. The minimum Gasteiger partial charge on any atom is -0.267 e. The van der Waals surface area contributed by atoms with E-state index in [9.17, 15) is 4.79 Å². The molecule has 5 heteroatoms. The normalized spacial score (nSPS) is 24.7. The maximum atomic E-state index is 12.1. The van der Waals surface area contributed by atoms with E-state index in [2.05, 4.69) is 24.4 Å². The Morgan fingerprint density at radius 3 is 2.55 bits per heavy atom. The second-order valence-electron chi connectivity index (χ2n) is 5.33. The topological polar surface area (TPSA) is 41.5 Å². The van der Waals surface area contributed by atoms with Crippen molar-refractivity contribution in [3.05, 3.63) is 33.8 Å². The third kappa shape index (κ3) is 3.53. The molecule has 0 spiro atoms. The zero-order valence-electron chi connectivity index (χ0n) is 11.6. The minimum atomic E-state index is -0.324. The van der Waals surface area contributed by atoms with Gasteiger partial charge in [0.1, 0.15) is 0 Å². The summed E-state index contributed by atoms with van der Waals surface area (Å²) in [6.45, 7) is 4.29. The van der Waals surface area contributed by atoms with Crippen molar-refractivity contribution in [2.24, 2.45) is 16.9 Å². The van der Waals surface area contributed by atoms with Gasteiger partial charge in [0.15, 0.2) is 0 Å². The summed E-state index contributed by atoms with van der Waals surface area (Å²) in [7, 11) is 0. The van der Waals surface area contributed by atoms with Gasteiger partial charge in [-0.2, -0.15) is 5.10 Å². The molecule has 1 amide bonds. The van der Waals surface area contributed by atoms with Crippen molar-refractivity contribution < 1.29 is 4.79 Å². The van der Waals surface area contributed by atoms with E-state index < -0.39 is 0 Å². The lowest BCUT2D eigenvalue weighted by molar-refractivity contribution is 0.0954. The molecule has 2 rings (SSSR count). The average molecular weight is 313 g/mol. The number of benzene rings is 1. The maximum Gasteiger partial charge on any atom is 0.272 e. The predicted octanol–water partition coefficient (Wildman–Crippen LogP) is 4.54. The van der Waals surface area contributed by atoms with Crippen LogP contribution in [0.5, 0.6) is 0 Å². The van der Waals surface area contributed by atoms with Crippen molar-refractivity contribution >= 4 is 34.8 Å². The lowest BCUT2D eigenvalue weighted by Crippen LogP contribution is -2.29. The fourth-order valence-electron chi connectivity index (χ4n) is 2.58. The second-order valence-corrected chi connectivity index (χ2v) is 6.18. The molecule has 0 unspecified atom stereocenters. The highest BCUT2D eigenvalue weighted by Gasteiger charge is 2.23. The molecule has 0 radical (unpaired) electrons. The quantitative estimate of drug-likeness (QED) is 0.800. The van der Waals surface area contributed by atoms with Crippen LogP contribution in [0.15, 0.2) is 23.3 Å². The van der Waals surface area contributed by atoms with Crippen LogP contribution in [0.4, 0.5) is 0 Å². The second kappa shape index (κ2) is 6.59. The fourth-order valence-corrected chi connectivity index (χ4v) is 2.95. The van der Waals surface area contributed by atoms with Crippen molar-refractivity contribution in [3.63, 3.8) is 0 Å². The number of hydrogen-bond acceptors (Lipinski definition) is 2. The first-order valence-corrected chi connectivity index (χ1v) is 7.57. The SMILES string of the molecule is C[C@@H]1CCC[C@H](C)C1=NNC(=O)c1cc(Cl)ccc1Cl. The molecule has 1 aliphatic carbocycles. The molecule has 3 nitrogen and oxygen atoms in total. The summed E-state index contributed by atoms with van der Waals surface area (Å²) in [6.07, 6.45) is 3.46. The molecule has 0 aliphatic heterocycles. The van der Waals surface area contributed by atoms with Crippen LogP contribution in [0, 0.1) is 11.8 Å². The highest BCUT2D eigenvalue weighted by molar-refractivity contribution is 6.35. The summed E-state index contributed by atoms with van der Waals surface area (Å²) in [4.78, 5) is 12.1. The molecule has 0 heterocycles. The Labute approximate surface area is 129 Å². The van der Waals surface area contributed by atoms with E-state index in [1.165, 1.54) is 6.42 Å². The lowest BCUT2D eigenvalue weighted by atomic mass is 9.81. The average Bonchev–Trinajstić information content (AvgIpc) is 2.40. The Kier molecular flexibility index (Phi) is 5.06. The summed E-state index contributed by atoms with van der Waals surface area (Å²) >= 11 is 11.9. The monoisotopic (exact) mass is 312 g/mol.